The molecule has 1 amide bonds. The van der Waals surface area contributed by atoms with E-state index in [1.54, 1.807) is 7.11 Å². The number of rotatable bonds is 8. The van der Waals surface area contributed by atoms with Crippen LogP contribution in [0.5, 0.6) is 5.75 Å². The number of ether oxygens (including phenoxy) is 2. The van der Waals surface area contributed by atoms with Crippen LogP contribution in [0.25, 0.3) is 0 Å². The number of carbonyl (C=O) groups is 1. The number of aromatic nitrogens is 3. The largest absolute Gasteiger partial charge is 0.494 e. The molecule has 1 aromatic carbocycles. The van der Waals surface area contributed by atoms with E-state index in [0.29, 0.717) is 31.9 Å². The summed E-state index contributed by atoms with van der Waals surface area (Å²) in [5.74, 6) is 1.67. The lowest BCUT2D eigenvalue weighted by Crippen LogP contribution is -2.40. The van der Waals surface area contributed by atoms with Gasteiger partial charge < -0.3 is 14.4 Å². The van der Waals surface area contributed by atoms with E-state index in [0.717, 1.165) is 43.8 Å². The first kappa shape index (κ1) is 20.7. The Bertz CT molecular complexity index is 930. The summed E-state index contributed by atoms with van der Waals surface area (Å²) in [6.07, 6.45) is 3.87. The molecule has 0 spiro atoms. The van der Waals surface area contributed by atoms with Gasteiger partial charge >= 0.3 is 5.69 Å². The highest BCUT2D eigenvalue weighted by Crippen LogP contribution is 2.37. The fourth-order valence-electron chi connectivity index (χ4n) is 4.13. The number of methoxy groups -OCH3 is 1. The van der Waals surface area contributed by atoms with E-state index in [-0.39, 0.29) is 23.6 Å². The van der Waals surface area contributed by atoms with Crippen LogP contribution in [-0.4, -0.2) is 58.6 Å². The average Bonchev–Trinajstić information content (AvgIpc) is 3.56. The highest BCUT2D eigenvalue weighted by Gasteiger charge is 2.35. The van der Waals surface area contributed by atoms with Gasteiger partial charge in [-0.05, 0) is 56.9 Å². The van der Waals surface area contributed by atoms with Gasteiger partial charge in [0.05, 0.1) is 19.8 Å². The Morgan fingerprint density at radius 1 is 1.20 bits per heavy atom. The Balaban J connectivity index is 1.52. The minimum absolute atomic E-state index is 0.0156. The van der Waals surface area contributed by atoms with E-state index in [9.17, 15) is 9.59 Å². The van der Waals surface area contributed by atoms with Gasteiger partial charge in [0.15, 0.2) is 0 Å². The lowest BCUT2D eigenvalue weighted by molar-refractivity contribution is 0.0703. The van der Waals surface area contributed by atoms with Crippen LogP contribution in [0.2, 0.25) is 0 Å². The summed E-state index contributed by atoms with van der Waals surface area (Å²) in [6, 6.07) is 7.55. The second-order valence-electron chi connectivity index (χ2n) is 8.01. The number of piperidine rings is 1. The Hall–Kier alpha value is -2.61. The molecule has 162 valence electrons. The fraction of sp³-hybridized carbons (Fsp3) is 0.591. The molecule has 30 heavy (non-hydrogen) atoms. The third-order valence-electron chi connectivity index (χ3n) is 5.80. The minimum atomic E-state index is -0.0560. The van der Waals surface area contributed by atoms with Crippen LogP contribution in [0.15, 0.2) is 29.1 Å². The minimum Gasteiger partial charge on any atom is -0.494 e. The smallest absolute Gasteiger partial charge is 0.346 e. The van der Waals surface area contributed by atoms with E-state index in [1.807, 2.05) is 40.7 Å². The van der Waals surface area contributed by atoms with E-state index in [2.05, 4.69) is 5.10 Å². The van der Waals surface area contributed by atoms with Crippen LogP contribution >= 0.6 is 0 Å². The van der Waals surface area contributed by atoms with Crippen molar-refractivity contribution < 1.29 is 14.3 Å². The molecule has 1 saturated heterocycles. The Labute approximate surface area is 176 Å². The maximum Gasteiger partial charge on any atom is 0.346 e. The van der Waals surface area contributed by atoms with E-state index >= 15 is 0 Å². The van der Waals surface area contributed by atoms with Crippen LogP contribution in [0.1, 0.15) is 60.7 Å². The average molecular weight is 415 g/mol. The molecule has 2 fully saturated rings. The van der Waals surface area contributed by atoms with E-state index in [1.165, 1.54) is 4.68 Å². The van der Waals surface area contributed by atoms with Crippen molar-refractivity contribution in [1.29, 1.82) is 0 Å². The van der Waals surface area contributed by atoms with Crippen molar-refractivity contribution in [2.24, 2.45) is 0 Å². The number of carbonyl (C=O) groups excluding carboxylic acids is 1. The quantitative estimate of drug-likeness (QED) is 0.663. The topological polar surface area (TPSA) is 78.6 Å². The monoisotopic (exact) mass is 414 g/mol. The molecule has 2 aliphatic rings. The van der Waals surface area contributed by atoms with Gasteiger partial charge in [-0.1, -0.05) is 0 Å². The predicted octanol–water partition coefficient (Wildman–Crippen LogP) is 2.44. The number of hydrogen-bond donors (Lipinski definition) is 0. The maximum atomic E-state index is 13.1. The zero-order chi connectivity index (χ0) is 21.1. The van der Waals surface area contributed by atoms with Crippen molar-refractivity contribution in [1.82, 2.24) is 19.2 Å². The summed E-state index contributed by atoms with van der Waals surface area (Å²) in [5.41, 5.74) is 0.601. The van der Waals surface area contributed by atoms with Gasteiger partial charge in [0.25, 0.3) is 5.91 Å². The third kappa shape index (κ3) is 4.28. The van der Waals surface area contributed by atoms with E-state index in [4.69, 9.17) is 9.47 Å². The normalized spacial score (nSPS) is 19.1. The zero-order valence-corrected chi connectivity index (χ0v) is 17.7. The van der Waals surface area contributed by atoms with Gasteiger partial charge in [0.2, 0.25) is 0 Å². The molecule has 1 aliphatic heterocycles. The van der Waals surface area contributed by atoms with Crippen LogP contribution < -0.4 is 10.4 Å². The lowest BCUT2D eigenvalue weighted by atomic mass is 9.96. The van der Waals surface area contributed by atoms with Crippen molar-refractivity contribution in [2.45, 2.75) is 51.1 Å². The summed E-state index contributed by atoms with van der Waals surface area (Å²) in [7, 11) is 1.62. The number of hydrogen-bond acceptors (Lipinski definition) is 5. The third-order valence-corrected chi connectivity index (χ3v) is 5.80. The summed E-state index contributed by atoms with van der Waals surface area (Å²) in [5, 5.41) is 4.66. The van der Waals surface area contributed by atoms with Gasteiger partial charge in [-0.15, -0.1) is 0 Å². The van der Waals surface area contributed by atoms with Crippen molar-refractivity contribution in [2.75, 3.05) is 33.4 Å². The number of likely N-dealkylation sites (tertiary alicyclic amines) is 1. The Kier molecular flexibility index (Phi) is 6.22. The highest BCUT2D eigenvalue weighted by atomic mass is 16.5. The highest BCUT2D eigenvalue weighted by molar-refractivity contribution is 5.94. The molecule has 0 radical (unpaired) electrons. The predicted molar refractivity (Wildman–Crippen MR) is 112 cm³/mol. The van der Waals surface area contributed by atoms with Crippen molar-refractivity contribution >= 4 is 5.91 Å². The molecular weight excluding hydrogens is 384 g/mol. The molecule has 1 unspecified atom stereocenters. The molecule has 2 heterocycles. The van der Waals surface area contributed by atoms with Crippen molar-refractivity contribution in [3.63, 3.8) is 0 Å². The van der Waals surface area contributed by atoms with Gasteiger partial charge in [-0.25, -0.2) is 9.48 Å². The second kappa shape index (κ2) is 9.04. The summed E-state index contributed by atoms with van der Waals surface area (Å²) < 4.78 is 14.0. The molecular formula is C22H30N4O4. The molecule has 1 aliphatic carbocycles. The molecule has 8 heteroatoms. The molecule has 1 saturated carbocycles. The SMILES string of the molecule is CCOc1ccc(C(=O)N2CCCC(c3nn(CCOC)c(=O)n3C3CC3)C2)cc1. The second-order valence-corrected chi connectivity index (χ2v) is 8.01. The van der Waals surface area contributed by atoms with Crippen molar-refractivity contribution in [3.8, 4) is 5.75 Å². The fourth-order valence-corrected chi connectivity index (χ4v) is 4.13. The van der Waals surface area contributed by atoms with Gasteiger partial charge in [0, 0.05) is 37.7 Å². The molecule has 2 aromatic rings. The van der Waals surface area contributed by atoms with Crippen molar-refractivity contribution in [3.05, 3.63) is 46.1 Å². The molecule has 1 atom stereocenters. The number of nitrogens with zero attached hydrogens (tertiary/aromatic N) is 4. The number of amides is 1. The van der Waals surface area contributed by atoms with Crippen LogP contribution in [0.3, 0.4) is 0 Å². The Morgan fingerprint density at radius 2 is 1.97 bits per heavy atom. The molecule has 1 aromatic heterocycles. The van der Waals surface area contributed by atoms with Gasteiger partial charge in [-0.3, -0.25) is 9.36 Å². The zero-order valence-electron chi connectivity index (χ0n) is 17.7. The molecule has 4 rings (SSSR count). The lowest BCUT2D eigenvalue weighted by Gasteiger charge is -2.32. The summed E-state index contributed by atoms with van der Waals surface area (Å²) >= 11 is 0. The van der Waals surface area contributed by atoms with Gasteiger partial charge in [0.1, 0.15) is 11.6 Å². The maximum absolute atomic E-state index is 13.1. The first-order valence-corrected chi connectivity index (χ1v) is 10.8. The first-order valence-electron chi connectivity index (χ1n) is 10.8. The van der Waals surface area contributed by atoms with Crippen LogP contribution in [-0.2, 0) is 11.3 Å². The Morgan fingerprint density at radius 3 is 2.63 bits per heavy atom. The summed E-state index contributed by atoms with van der Waals surface area (Å²) in [4.78, 5) is 27.8. The molecule has 0 N–H and O–H groups in total. The van der Waals surface area contributed by atoms with E-state index < -0.39 is 0 Å². The van der Waals surface area contributed by atoms with Crippen LogP contribution in [0.4, 0.5) is 0 Å². The standard InChI is InChI=1S/C22H30N4O4/c1-3-30-19-10-6-16(7-11-19)21(27)24-12-4-5-17(15-24)20-23-25(13-14-29-2)22(28)26(20)18-8-9-18/h6-7,10-11,17-18H,3-5,8-9,12-15H2,1-2H3. The molecule has 0 bridgehead atoms. The molecule has 8 nitrogen and oxygen atoms in total. The number of benzene rings is 1. The summed E-state index contributed by atoms with van der Waals surface area (Å²) in [6.45, 7) is 4.74. The first-order chi connectivity index (χ1) is 14.6. The van der Waals surface area contributed by atoms with Crippen LogP contribution in [0, 0.1) is 0 Å². The van der Waals surface area contributed by atoms with Gasteiger partial charge in [-0.2, -0.15) is 5.10 Å².